The second-order valence-electron chi connectivity index (χ2n) is 6.97. The van der Waals surface area contributed by atoms with E-state index in [0.29, 0.717) is 6.61 Å². The molecule has 1 aromatic carbocycles. The van der Waals surface area contributed by atoms with E-state index >= 15 is 0 Å². The van der Waals surface area contributed by atoms with Crippen LogP contribution in [-0.2, 0) is 4.74 Å². The molecule has 0 aliphatic carbocycles. The standard InChI is InChI=1S/C18H27IN2O3/c1-18(2,3)24-17(22)21-11-9-20(10-12-21)8-5-13-23-16-7-4-6-15(19)14-16/h4,6-7,14H,5,8-13H2,1-3H3. The monoisotopic (exact) mass is 446 g/mol. The second-order valence-corrected chi connectivity index (χ2v) is 8.21. The quantitative estimate of drug-likeness (QED) is 0.512. The average molecular weight is 446 g/mol. The zero-order valence-electron chi connectivity index (χ0n) is 14.8. The molecule has 0 N–H and O–H groups in total. The van der Waals surface area contributed by atoms with Crippen LogP contribution in [0.1, 0.15) is 27.2 Å². The highest BCUT2D eigenvalue weighted by Crippen LogP contribution is 2.15. The van der Waals surface area contributed by atoms with Crippen LogP contribution in [0.5, 0.6) is 5.75 Å². The first kappa shape index (κ1) is 19.3. The van der Waals surface area contributed by atoms with E-state index in [-0.39, 0.29) is 6.09 Å². The van der Waals surface area contributed by atoms with E-state index in [1.54, 1.807) is 4.90 Å². The maximum absolute atomic E-state index is 12.0. The van der Waals surface area contributed by atoms with Gasteiger partial charge in [-0.05, 0) is 68.0 Å². The third-order valence-electron chi connectivity index (χ3n) is 3.71. The Kier molecular flexibility index (Phi) is 7.16. The van der Waals surface area contributed by atoms with Crippen molar-refractivity contribution >= 4 is 28.7 Å². The van der Waals surface area contributed by atoms with Crippen LogP contribution in [0.3, 0.4) is 0 Å². The second kappa shape index (κ2) is 8.89. The van der Waals surface area contributed by atoms with E-state index in [9.17, 15) is 4.79 Å². The summed E-state index contributed by atoms with van der Waals surface area (Å²) in [5, 5.41) is 0. The Morgan fingerprint density at radius 3 is 2.54 bits per heavy atom. The van der Waals surface area contributed by atoms with Gasteiger partial charge in [0, 0.05) is 36.3 Å². The van der Waals surface area contributed by atoms with Crippen LogP contribution in [0.2, 0.25) is 0 Å². The van der Waals surface area contributed by atoms with Crippen LogP contribution in [-0.4, -0.2) is 60.8 Å². The lowest BCUT2D eigenvalue weighted by Crippen LogP contribution is -2.50. The Bertz CT molecular complexity index is 537. The van der Waals surface area contributed by atoms with Gasteiger partial charge in [-0.2, -0.15) is 0 Å². The van der Waals surface area contributed by atoms with Gasteiger partial charge in [0.15, 0.2) is 0 Å². The zero-order chi connectivity index (χ0) is 17.6. The van der Waals surface area contributed by atoms with Gasteiger partial charge in [0.25, 0.3) is 0 Å². The molecule has 1 aromatic rings. The van der Waals surface area contributed by atoms with E-state index in [1.807, 2.05) is 39.0 Å². The Morgan fingerprint density at radius 2 is 1.92 bits per heavy atom. The Balaban J connectivity index is 1.62. The first-order valence-electron chi connectivity index (χ1n) is 8.42. The maximum atomic E-state index is 12.0. The van der Waals surface area contributed by atoms with Crippen molar-refractivity contribution in [2.24, 2.45) is 0 Å². The summed E-state index contributed by atoms with van der Waals surface area (Å²) in [5.41, 5.74) is -0.430. The molecule has 2 rings (SSSR count). The number of carbonyl (C=O) groups is 1. The topological polar surface area (TPSA) is 42.0 Å². The lowest BCUT2D eigenvalue weighted by atomic mass is 10.2. The molecule has 0 aromatic heterocycles. The lowest BCUT2D eigenvalue weighted by Gasteiger charge is -2.35. The van der Waals surface area contributed by atoms with Crippen molar-refractivity contribution in [1.82, 2.24) is 9.80 Å². The van der Waals surface area contributed by atoms with E-state index in [4.69, 9.17) is 9.47 Å². The molecule has 6 heteroatoms. The van der Waals surface area contributed by atoms with Crippen LogP contribution in [0.15, 0.2) is 24.3 Å². The number of hydrogen-bond acceptors (Lipinski definition) is 4. The predicted octanol–water partition coefficient (Wildman–Crippen LogP) is 3.61. The molecular formula is C18H27IN2O3. The van der Waals surface area contributed by atoms with Crippen LogP contribution < -0.4 is 4.74 Å². The number of benzene rings is 1. The first-order chi connectivity index (χ1) is 11.3. The smallest absolute Gasteiger partial charge is 0.410 e. The van der Waals surface area contributed by atoms with Crippen molar-refractivity contribution in [3.8, 4) is 5.75 Å². The molecule has 0 spiro atoms. The predicted molar refractivity (Wildman–Crippen MR) is 104 cm³/mol. The molecule has 0 radical (unpaired) electrons. The molecule has 1 heterocycles. The number of rotatable bonds is 5. The summed E-state index contributed by atoms with van der Waals surface area (Å²) in [6.07, 6.45) is 0.780. The Labute approximate surface area is 158 Å². The van der Waals surface area contributed by atoms with Crippen molar-refractivity contribution in [2.45, 2.75) is 32.8 Å². The summed E-state index contributed by atoms with van der Waals surface area (Å²) in [7, 11) is 0. The number of piperazine rings is 1. The minimum atomic E-state index is -0.430. The van der Waals surface area contributed by atoms with Gasteiger partial charge in [-0.25, -0.2) is 4.79 Å². The van der Waals surface area contributed by atoms with Gasteiger partial charge in [-0.3, -0.25) is 4.90 Å². The zero-order valence-corrected chi connectivity index (χ0v) is 16.9. The largest absolute Gasteiger partial charge is 0.494 e. The molecule has 0 unspecified atom stereocenters. The van der Waals surface area contributed by atoms with Gasteiger partial charge < -0.3 is 14.4 Å². The number of halogens is 1. The van der Waals surface area contributed by atoms with Crippen molar-refractivity contribution in [3.05, 3.63) is 27.8 Å². The number of carbonyl (C=O) groups excluding carboxylic acids is 1. The van der Waals surface area contributed by atoms with E-state index in [0.717, 1.165) is 44.9 Å². The van der Waals surface area contributed by atoms with Gasteiger partial charge in [0.2, 0.25) is 0 Å². The minimum Gasteiger partial charge on any atom is -0.494 e. The molecular weight excluding hydrogens is 419 g/mol. The molecule has 1 amide bonds. The summed E-state index contributed by atoms with van der Waals surface area (Å²) in [6, 6.07) is 8.09. The number of hydrogen-bond donors (Lipinski definition) is 0. The third kappa shape index (κ3) is 6.84. The van der Waals surface area contributed by atoms with Crippen molar-refractivity contribution in [2.75, 3.05) is 39.3 Å². The normalized spacial score (nSPS) is 16.1. The molecule has 0 bridgehead atoms. The molecule has 0 saturated carbocycles. The lowest BCUT2D eigenvalue weighted by molar-refractivity contribution is 0.0142. The van der Waals surface area contributed by atoms with Gasteiger partial charge in [-0.15, -0.1) is 0 Å². The van der Waals surface area contributed by atoms with Crippen molar-refractivity contribution in [3.63, 3.8) is 0 Å². The molecule has 1 fully saturated rings. The van der Waals surface area contributed by atoms with Gasteiger partial charge >= 0.3 is 6.09 Å². The van der Waals surface area contributed by atoms with Crippen LogP contribution in [0, 0.1) is 3.57 Å². The van der Waals surface area contributed by atoms with Gasteiger partial charge in [-0.1, -0.05) is 6.07 Å². The fourth-order valence-electron chi connectivity index (χ4n) is 2.52. The SMILES string of the molecule is CC(C)(C)OC(=O)N1CCN(CCCOc2cccc(I)c2)CC1. The fourth-order valence-corrected chi connectivity index (χ4v) is 3.03. The van der Waals surface area contributed by atoms with Crippen LogP contribution in [0.25, 0.3) is 0 Å². The summed E-state index contributed by atoms with van der Waals surface area (Å²) < 4.78 is 12.4. The highest BCUT2D eigenvalue weighted by Gasteiger charge is 2.25. The van der Waals surface area contributed by atoms with E-state index in [1.165, 1.54) is 3.57 Å². The highest BCUT2D eigenvalue weighted by atomic mass is 127. The highest BCUT2D eigenvalue weighted by molar-refractivity contribution is 14.1. The minimum absolute atomic E-state index is 0.204. The Morgan fingerprint density at radius 1 is 1.21 bits per heavy atom. The van der Waals surface area contributed by atoms with Crippen molar-refractivity contribution in [1.29, 1.82) is 0 Å². The van der Waals surface area contributed by atoms with E-state index < -0.39 is 5.60 Å². The molecule has 1 saturated heterocycles. The van der Waals surface area contributed by atoms with Crippen LogP contribution in [0.4, 0.5) is 4.79 Å². The first-order valence-corrected chi connectivity index (χ1v) is 9.50. The summed E-state index contributed by atoms with van der Waals surface area (Å²) >= 11 is 2.29. The molecule has 0 atom stereocenters. The summed E-state index contributed by atoms with van der Waals surface area (Å²) in [5.74, 6) is 0.927. The third-order valence-corrected chi connectivity index (χ3v) is 4.38. The van der Waals surface area contributed by atoms with Gasteiger partial charge in [0.05, 0.1) is 6.61 Å². The number of amides is 1. The molecule has 5 nitrogen and oxygen atoms in total. The molecule has 1 aliphatic rings. The molecule has 24 heavy (non-hydrogen) atoms. The Hall–Kier alpha value is -1.02. The molecule has 134 valence electrons. The number of ether oxygens (including phenoxy) is 2. The average Bonchev–Trinajstić information content (AvgIpc) is 2.50. The van der Waals surface area contributed by atoms with Gasteiger partial charge in [0.1, 0.15) is 11.4 Å². The summed E-state index contributed by atoms with van der Waals surface area (Å²) in [4.78, 5) is 16.2. The van der Waals surface area contributed by atoms with Crippen molar-refractivity contribution < 1.29 is 14.3 Å². The summed E-state index contributed by atoms with van der Waals surface area (Å²) in [6.45, 7) is 10.6. The fraction of sp³-hybridized carbons (Fsp3) is 0.611. The number of nitrogens with zero attached hydrogens (tertiary/aromatic N) is 2. The van der Waals surface area contributed by atoms with Crippen LogP contribution >= 0.6 is 22.6 Å². The molecule has 1 aliphatic heterocycles. The van der Waals surface area contributed by atoms with E-state index in [2.05, 4.69) is 33.6 Å². The maximum Gasteiger partial charge on any atom is 0.410 e.